The summed E-state index contributed by atoms with van der Waals surface area (Å²) in [5.41, 5.74) is 5.25. The molecule has 0 fully saturated rings. The molecule has 5 heteroatoms. The molecule has 0 saturated heterocycles. The van der Waals surface area contributed by atoms with E-state index in [4.69, 9.17) is 4.98 Å². The summed E-state index contributed by atoms with van der Waals surface area (Å²) in [5.74, 6) is 0.712. The second-order valence-corrected chi connectivity index (χ2v) is 9.22. The third kappa shape index (κ3) is 3.30. The molecule has 2 aliphatic rings. The zero-order chi connectivity index (χ0) is 18.3. The predicted molar refractivity (Wildman–Crippen MR) is 107 cm³/mol. The molecule has 0 amide bonds. The Hall–Kier alpha value is -1.72. The van der Waals surface area contributed by atoms with Crippen LogP contribution in [0.2, 0.25) is 0 Å². The highest BCUT2D eigenvalue weighted by atomic mass is 32.1. The third-order valence-electron chi connectivity index (χ3n) is 5.97. The summed E-state index contributed by atoms with van der Waals surface area (Å²) in [5, 5.41) is 2.01. The Morgan fingerprint density at radius 1 is 1.35 bits per heavy atom. The molecule has 0 spiro atoms. The summed E-state index contributed by atoms with van der Waals surface area (Å²) in [4.78, 5) is 23.9. The largest absolute Gasteiger partial charge is 0.306 e. The molecular weight excluding hydrogens is 342 g/mol. The molecular formula is C21H27N3OS. The number of thiophene rings is 1. The zero-order valence-electron chi connectivity index (χ0n) is 15.9. The lowest BCUT2D eigenvalue weighted by Gasteiger charge is -2.38. The van der Waals surface area contributed by atoms with Gasteiger partial charge in [0, 0.05) is 26.1 Å². The lowest BCUT2D eigenvalue weighted by Crippen LogP contribution is -2.39. The van der Waals surface area contributed by atoms with Crippen molar-refractivity contribution in [1.29, 1.82) is 0 Å². The standard InChI is InChI=1S/C21H27N3OS/c1-14-6-4-9-21(2,3)16(14)13-24-10-8-17-15(12-24)20(25)23-19(22-17)18-7-5-11-26-18/h5,7,11H,4,6,8-10,12-13H2,1-3H3,(H,22,23,25). The van der Waals surface area contributed by atoms with E-state index in [2.05, 4.69) is 30.7 Å². The maximum atomic E-state index is 12.7. The zero-order valence-corrected chi connectivity index (χ0v) is 16.7. The molecule has 0 radical (unpaired) electrons. The molecule has 0 aromatic carbocycles. The fourth-order valence-corrected chi connectivity index (χ4v) is 5.06. The van der Waals surface area contributed by atoms with Gasteiger partial charge in [-0.1, -0.05) is 31.1 Å². The van der Waals surface area contributed by atoms with Crippen LogP contribution < -0.4 is 5.56 Å². The summed E-state index contributed by atoms with van der Waals surface area (Å²) in [7, 11) is 0. The van der Waals surface area contributed by atoms with Crippen molar-refractivity contribution in [3.63, 3.8) is 0 Å². The second kappa shape index (κ2) is 6.78. The monoisotopic (exact) mass is 369 g/mol. The predicted octanol–water partition coefficient (Wildman–Crippen LogP) is 4.38. The van der Waals surface area contributed by atoms with E-state index in [-0.39, 0.29) is 11.0 Å². The van der Waals surface area contributed by atoms with E-state index in [1.54, 1.807) is 22.5 Å². The molecule has 2 aromatic rings. The number of rotatable bonds is 3. The highest BCUT2D eigenvalue weighted by molar-refractivity contribution is 7.13. The molecule has 138 valence electrons. The van der Waals surface area contributed by atoms with Crippen molar-refractivity contribution in [1.82, 2.24) is 14.9 Å². The minimum absolute atomic E-state index is 0.0247. The van der Waals surface area contributed by atoms with Crippen LogP contribution in [0.3, 0.4) is 0 Å². The Balaban J connectivity index is 1.58. The average Bonchev–Trinajstić information content (AvgIpc) is 3.13. The van der Waals surface area contributed by atoms with Crippen LogP contribution in [0.4, 0.5) is 0 Å². The van der Waals surface area contributed by atoms with E-state index >= 15 is 0 Å². The van der Waals surface area contributed by atoms with E-state index in [0.29, 0.717) is 12.4 Å². The molecule has 4 rings (SSSR count). The molecule has 1 aliphatic heterocycles. The van der Waals surface area contributed by atoms with E-state index in [1.165, 1.54) is 19.3 Å². The summed E-state index contributed by atoms with van der Waals surface area (Å²) in [6.07, 6.45) is 4.62. The lowest BCUT2D eigenvalue weighted by atomic mass is 9.72. The van der Waals surface area contributed by atoms with Crippen LogP contribution in [-0.2, 0) is 13.0 Å². The van der Waals surface area contributed by atoms with Crippen LogP contribution >= 0.6 is 11.3 Å². The Morgan fingerprint density at radius 2 is 2.19 bits per heavy atom. The number of fused-ring (bicyclic) bond motifs is 1. The van der Waals surface area contributed by atoms with Crippen molar-refractivity contribution in [2.45, 2.75) is 53.0 Å². The van der Waals surface area contributed by atoms with Crippen molar-refractivity contribution in [2.75, 3.05) is 13.1 Å². The lowest BCUT2D eigenvalue weighted by molar-refractivity contribution is 0.238. The highest BCUT2D eigenvalue weighted by Crippen LogP contribution is 2.40. The van der Waals surface area contributed by atoms with Gasteiger partial charge in [-0.3, -0.25) is 9.69 Å². The van der Waals surface area contributed by atoms with Crippen molar-refractivity contribution in [2.24, 2.45) is 5.41 Å². The van der Waals surface area contributed by atoms with Crippen LogP contribution in [0.5, 0.6) is 0 Å². The van der Waals surface area contributed by atoms with Crippen LogP contribution in [0.25, 0.3) is 10.7 Å². The Bertz CT molecular complexity index is 892. The topological polar surface area (TPSA) is 49.0 Å². The molecule has 2 aromatic heterocycles. The molecule has 0 saturated carbocycles. The molecule has 1 N–H and O–H groups in total. The first-order valence-corrected chi connectivity index (χ1v) is 10.4. The Morgan fingerprint density at radius 3 is 2.92 bits per heavy atom. The number of aromatic nitrogens is 2. The number of allylic oxidation sites excluding steroid dienone is 1. The molecule has 1 aliphatic carbocycles. The first kappa shape index (κ1) is 17.7. The van der Waals surface area contributed by atoms with Gasteiger partial charge in [0.1, 0.15) is 0 Å². The van der Waals surface area contributed by atoms with Crippen molar-refractivity contribution in [3.05, 3.63) is 50.3 Å². The van der Waals surface area contributed by atoms with Gasteiger partial charge < -0.3 is 4.98 Å². The minimum Gasteiger partial charge on any atom is -0.306 e. The minimum atomic E-state index is 0.0247. The summed E-state index contributed by atoms with van der Waals surface area (Å²) in [6.45, 7) is 9.67. The average molecular weight is 370 g/mol. The smallest absolute Gasteiger partial charge is 0.255 e. The summed E-state index contributed by atoms with van der Waals surface area (Å²) < 4.78 is 0. The molecule has 4 nitrogen and oxygen atoms in total. The van der Waals surface area contributed by atoms with Crippen molar-refractivity contribution in [3.8, 4) is 10.7 Å². The van der Waals surface area contributed by atoms with E-state index < -0.39 is 0 Å². The molecule has 0 atom stereocenters. The fraction of sp³-hybridized carbons (Fsp3) is 0.524. The molecule has 0 bridgehead atoms. The highest BCUT2D eigenvalue weighted by Gasteiger charge is 2.31. The second-order valence-electron chi connectivity index (χ2n) is 8.27. The van der Waals surface area contributed by atoms with Crippen LogP contribution in [0.15, 0.2) is 33.5 Å². The quantitative estimate of drug-likeness (QED) is 0.817. The van der Waals surface area contributed by atoms with Gasteiger partial charge in [0.05, 0.1) is 16.1 Å². The van der Waals surface area contributed by atoms with Crippen LogP contribution in [-0.4, -0.2) is 28.0 Å². The number of H-pyrrole nitrogens is 1. The van der Waals surface area contributed by atoms with E-state index in [0.717, 1.165) is 35.6 Å². The van der Waals surface area contributed by atoms with E-state index in [9.17, 15) is 4.79 Å². The Kier molecular flexibility index (Phi) is 4.61. The van der Waals surface area contributed by atoms with Gasteiger partial charge in [-0.05, 0) is 43.0 Å². The maximum Gasteiger partial charge on any atom is 0.255 e. The number of hydrogen-bond acceptors (Lipinski definition) is 4. The van der Waals surface area contributed by atoms with Gasteiger partial charge in [-0.25, -0.2) is 4.98 Å². The Labute approximate surface area is 159 Å². The van der Waals surface area contributed by atoms with Gasteiger partial charge in [-0.15, -0.1) is 11.3 Å². The SMILES string of the molecule is CC1=C(CN2CCc3nc(-c4cccs4)[nH]c(=O)c3C2)C(C)(C)CCC1. The number of hydrogen-bond donors (Lipinski definition) is 1. The van der Waals surface area contributed by atoms with Gasteiger partial charge >= 0.3 is 0 Å². The number of nitrogens with zero attached hydrogens (tertiary/aromatic N) is 2. The normalized spacial score (nSPS) is 20.3. The maximum absolute atomic E-state index is 12.7. The van der Waals surface area contributed by atoms with Gasteiger partial charge in [-0.2, -0.15) is 0 Å². The van der Waals surface area contributed by atoms with Gasteiger partial charge in [0.15, 0.2) is 5.82 Å². The molecule has 0 unspecified atom stereocenters. The number of aromatic amines is 1. The third-order valence-corrected chi connectivity index (χ3v) is 6.85. The van der Waals surface area contributed by atoms with E-state index in [1.807, 2.05) is 17.5 Å². The van der Waals surface area contributed by atoms with Gasteiger partial charge in [0.25, 0.3) is 5.56 Å². The van der Waals surface area contributed by atoms with Crippen LogP contribution in [0, 0.1) is 5.41 Å². The van der Waals surface area contributed by atoms with Crippen molar-refractivity contribution >= 4 is 11.3 Å². The summed E-state index contributed by atoms with van der Waals surface area (Å²) in [6, 6.07) is 3.99. The van der Waals surface area contributed by atoms with Gasteiger partial charge in [0.2, 0.25) is 0 Å². The van der Waals surface area contributed by atoms with Crippen molar-refractivity contribution < 1.29 is 0 Å². The summed E-state index contributed by atoms with van der Waals surface area (Å²) >= 11 is 1.61. The number of nitrogens with one attached hydrogen (secondary N) is 1. The molecule has 3 heterocycles. The first-order chi connectivity index (χ1) is 12.4. The first-order valence-electron chi connectivity index (χ1n) is 9.51. The van der Waals surface area contributed by atoms with Crippen LogP contribution in [0.1, 0.15) is 51.3 Å². The fourth-order valence-electron chi connectivity index (χ4n) is 4.39. The molecule has 26 heavy (non-hydrogen) atoms.